The molecule has 2 aromatic carbocycles. The molecule has 3 N–H and O–H groups in total. The lowest BCUT2D eigenvalue weighted by Gasteiger charge is -2.10. The number of benzene rings is 2. The molecule has 8 heteroatoms. The van der Waals surface area contributed by atoms with Crippen LogP contribution in [0, 0.1) is 5.82 Å². The zero-order valence-corrected chi connectivity index (χ0v) is 17.8. The van der Waals surface area contributed by atoms with E-state index < -0.39 is 0 Å². The van der Waals surface area contributed by atoms with E-state index >= 15 is 0 Å². The Kier molecular flexibility index (Phi) is 6.49. The van der Waals surface area contributed by atoms with E-state index in [4.69, 9.17) is 0 Å². The summed E-state index contributed by atoms with van der Waals surface area (Å²) in [6.45, 7) is 3.59. The minimum absolute atomic E-state index is 0.0843. The third-order valence-corrected chi connectivity index (χ3v) is 5.58. The van der Waals surface area contributed by atoms with Gasteiger partial charge < -0.3 is 16.0 Å². The number of carbonyl (C=O) groups is 1. The Morgan fingerprint density at radius 1 is 1.10 bits per heavy atom. The molecule has 0 aliphatic carbocycles. The Labute approximate surface area is 183 Å². The minimum Gasteiger partial charge on any atom is -0.368 e. The summed E-state index contributed by atoms with van der Waals surface area (Å²) in [4.78, 5) is 20.9. The van der Waals surface area contributed by atoms with E-state index in [2.05, 4.69) is 25.9 Å². The van der Waals surface area contributed by atoms with Gasteiger partial charge in [0.05, 0.1) is 5.39 Å². The Bertz CT molecular complexity index is 1190. The number of thiophene rings is 1. The normalized spacial score (nSPS) is 10.9. The Morgan fingerprint density at radius 3 is 2.74 bits per heavy atom. The predicted octanol–water partition coefficient (Wildman–Crippen LogP) is 4.66. The van der Waals surface area contributed by atoms with E-state index in [1.165, 1.54) is 19.1 Å². The molecule has 1 amide bonds. The van der Waals surface area contributed by atoms with Crippen molar-refractivity contribution in [3.8, 4) is 11.1 Å². The van der Waals surface area contributed by atoms with Crippen LogP contribution in [0.1, 0.15) is 12.5 Å². The fourth-order valence-electron chi connectivity index (χ4n) is 3.32. The zero-order valence-electron chi connectivity index (χ0n) is 17.0. The van der Waals surface area contributed by atoms with Crippen LogP contribution in [-0.2, 0) is 11.3 Å². The van der Waals surface area contributed by atoms with Gasteiger partial charge in [-0.05, 0) is 35.4 Å². The number of halogens is 1. The van der Waals surface area contributed by atoms with Crippen molar-refractivity contribution >= 4 is 39.0 Å². The van der Waals surface area contributed by atoms with Crippen molar-refractivity contribution in [2.45, 2.75) is 13.5 Å². The molecule has 0 atom stereocenters. The molecular formula is C23H22FN5OS. The van der Waals surface area contributed by atoms with Crippen LogP contribution in [0.5, 0.6) is 0 Å². The molecule has 0 bridgehead atoms. The number of hydrogen-bond acceptors (Lipinski definition) is 6. The van der Waals surface area contributed by atoms with Gasteiger partial charge in [-0.15, -0.1) is 11.3 Å². The summed E-state index contributed by atoms with van der Waals surface area (Å²) in [5.41, 5.74) is 3.81. The Balaban J connectivity index is 1.38. The molecule has 158 valence electrons. The quantitative estimate of drug-likeness (QED) is 0.351. The first kappa shape index (κ1) is 20.9. The van der Waals surface area contributed by atoms with Crippen LogP contribution in [0.15, 0.2) is 60.2 Å². The fraction of sp³-hybridized carbons (Fsp3) is 0.174. The Morgan fingerprint density at radius 2 is 1.94 bits per heavy atom. The van der Waals surface area contributed by atoms with Crippen molar-refractivity contribution in [2.24, 2.45) is 0 Å². The van der Waals surface area contributed by atoms with E-state index in [0.29, 0.717) is 13.1 Å². The van der Waals surface area contributed by atoms with Gasteiger partial charge in [0.1, 0.15) is 22.8 Å². The summed E-state index contributed by atoms with van der Waals surface area (Å²) in [5.74, 6) is 0.422. The lowest BCUT2D eigenvalue weighted by Crippen LogP contribution is -2.22. The summed E-state index contributed by atoms with van der Waals surface area (Å²) in [6, 6.07) is 14.2. The van der Waals surface area contributed by atoms with Crippen molar-refractivity contribution in [1.29, 1.82) is 0 Å². The van der Waals surface area contributed by atoms with E-state index in [0.717, 1.165) is 45.0 Å². The average molecular weight is 436 g/mol. The van der Waals surface area contributed by atoms with Gasteiger partial charge >= 0.3 is 0 Å². The largest absolute Gasteiger partial charge is 0.368 e. The number of hydrogen-bond donors (Lipinski definition) is 3. The van der Waals surface area contributed by atoms with Crippen molar-refractivity contribution in [1.82, 2.24) is 15.3 Å². The molecule has 6 nitrogen and oxygen atoms in total. The zero-order chi connectivity index (χ0) is 21.6. The van der Waals surface area contributed by atoms with Gasteiger partial charge in [-0.25, -0.2) is 14.4 Å². The number of nitrogens with zero attached hydrogens (tertiary/aromatic N) is 2. The number of rotatable bonds is 8. The van der Waals surface area contributed by atoms with Gasteiger partial charge in [0.2, 0.25) is 5.91 Å². The summed E-state index contributed by atoms with van der Waals surface area (Å²) < 4.78 is 13.3. The molecule has 2 aromatic heterocycles. The Hall–Kier alpha value is -3.36. The van der Waals surface area contributed by atoms with Crippen LogP contribution in [0.2, 0.25) is 0 Å². The second-order valence-corrected chi connectivity index (χ2v) is 7.90. The van der Waals surface area contributed by atoms with Gasteiger partial charge in [-0.1, -0.05) is 24.3 Å². The van der Waals surface area contributed by atoms with Crippen molar-refractivity contribution < 1.29 is 9.18 Å². The highest BCUT2D eigenvalue weighted by atomic mass is 32.1. The second kappa shape index (κ2) is 9.63. The third kappa shape index (κ3) is 5.22. The maximum atomic E-state index is 13.3. The van der Waals surface area contributed by atoms with E-state index in [-0.39, 0.29) is 11.7 Å². The lowest BCUT2D eigenvalue weighted by molar-refractivity contribution is -0.114. The van der Waals surface area contributed by atoms with Crippen LogP contribution in [-0.4, -0.2) is 29.0 Å². The first-order chi connectivity index (χ1) is 15.1. The number of aromatic nitrogens is 2. The SMILES string of the molecule is CC(=O)Nc1cccc(CNCCNc2ncnc3scc(-c4ccc(F)cc4)c23)c1. The van der Waals surface area contributed by atoms with Gasteiger partial charge in [0, 0.05) is 43.2 Å². The third-order valence-electron chi connectivity index (χ3n) is 4.70. The number of anilines is 2. The summed E-state index contributed by atoms with van der Waals surface area (Å²) >= 11 is 1.54. The molecule has 0 saturated carbocycles. The van der Waals surface area contributed by atoms with E-state index in [1.807, 2.05) is 29.6 Å². The molecular weight excluding hydrogens is 413 g/mol. The number of fused-ring (bicyclic) bond motifs is 1. The minimum atomic E-state index is -0.258. The van der Waals surface area contributed by atoms with Crippen LogP contribution >= 0.6 is 11.3 Å². The van der Waals surface area contributed by atoms with Gasteiger partial charge in [-0.3, -0.25) is 4.79 Å². The van der Waals surface area contributed by atoms with Gasteiger partial charge in [0.15, 0.2) is 0 Å². The standard InChI is InChI=1S/C23H22FN5OS/c1-15(30)29-19-4-2-3-16(11-19)12-25-9-10-26-22-21-20(13-31-23(21)28-14-27-22)17-5-7-18(24)8-6-17/h2-8,11,13-14,25H,9-10,12H2,1H3,(H,29,30)(H,26,27,28). The summed E-state index contributed by atoms with van der Waals surface area (Å²) in [5, 5.41) is 12.5. The lowest BCUT2D eigenvalue weighted by atomic mass is 10.1. The maximum absolute atomic E-state index is 13.3. The monoisotopic (exact) mass is 435 g/mol. The molecule has 0 radical (unpaired) electrons. The highest BCUT2D eigenvalue weighted by Crippen LogP contribution is 2.36. The highest BCUT2D eigenvalue weighted by molar-refractivity contribution is 7.17. The molecule has 4 rings (SSSR count). The average Bonchev–Trinajstić information content (AvgIpc) is 3.19. The van der Waals surface area contributed by atoms with Crippen LogP contribution in [0.3, 0.4) is 0 Å². The summed E-state index contributed by atoms with van der Waals surface area (Å²) in [6.07, 6.45) is 1.55. The molecule has 0 aliphatic rings. The van der Waals surface area contributed by atoms with Crippen LogP contribution in [0.25, 0.3) is 21.3 Å². The van der Waals surface area contributed by atoms with E-state index in [9.17, 15) is 9.18 Å². The van der Waals surface area contributed by atoms with Crippen LogP contribution < -0.4 is 16.0 Å². The molecule has 2 heterocycles. The molecule has 0 fully saturated rings. The number of carbonyl (C=O) groups excluding carboxylic acids is 1. The molecule has 0 spiro atoms. The highest BCUT2D eigenvalue weighted by Gasteiger charge is 2.13. The van der Waals surface area contributed by atoms with Crippen molar-refractivity contribution in [3.05, 3.63) is 71.6 Å². The van der Waals surface area contributed by atoms with Gasteiger partial charge in [-0.2, -0.15) is 0 Å². The fourth-order valence-corrected chi connectivity index (χ4v) is 4.23. The number of nitrogens with one attached hydrogen (secondary N) is 3. The smallest absolute Gasteiger partial charge is 0.221 e. The first-order valence-corrected chi connectivity index (χ1v) is 10.8. The molecule has 0 saturated heterocycles. The first-order valence-electron chi connectivity index (χ1n) is 9.89. The van der Waals surface area contributed by atoms with Crippen LogP contribution in [0.4, 0.5) is 15.9 Å². The van der Waals surface area contributed by atoms with Crippen molar-refractivity contribution in [3.63, 3.8) is 0 Å². The second-order valence-electron chi connectivity index (χ2n) is 7.04. The van der Waals surface area contributed by atoms with Crippen molar-refractivity contribution in [2.75, 3.05) is 23.7 Å². The molecule has 31 heavy (non-hydrogen) atoms. The molecule has 0 unspecified atom stereocenters. The molecule has 0 aliphatic heterocycles. The molecule has 4 aromatic rings. The van der Waals surface area contributed by atoms with Gasteiger partial charge in [0.25, 0.3) is 0 Å². The topological polar surface area (TPSA) is 78.9 Å². The number of amides is 1. The maximum Gasteiger partial charge on any atom is 0.221 e. The summed E-state index contributed by atoms with van der Waals surface area (Å²) in [7, 11) is 0. The predicted molar refractivity (Wildman–Crippen MR) is 124 cm³/mol. The van der Waals surface area contributed by atoms with E-state index in [1.54, 1.807) is 29.8 Å².